The van der Waals surface area contributed by atoms with E-state index in [-0.39, 0.29) is 24.5 Å². The number of aliphatic hydroxyl groups is 1. The van der Waals surface area contributed by atoms with Gasteiger partial charge in [0.15, 0.2) is 11.4 Å². The minimum absolute atomic E-state index is 0.0212. The van der Waals surface area contributed by atoms with Crippen molar-refractivity contribution in [3.05, 3.63) is 37.0 Å². The molecule has 8 heteroatoms. The van der Waals surface area contributed by atoms with E-state index in [1.807, 2.05) is 6.92 Å². The quantitative estimate of drug-likeness (QED) is 0.704. The molecule has 3 aromatic rings. The SMILES string of the molecule is C=Cc1nc(-c2nc(-c3nc([C@@H](OC)[C@@H](C)CO)co3)co2)co1. The molecule has 126 valence electrons. The maximum atomic E-state index is 9.28. The van der Waals surface area contributed by atoms with Crippen LogP contribution >= 0.6 is 0 Å². The number of nitrogens with zero attached hydrogens (tertiary/aromatic N) is 3. The second-order valence-electron chi connectivity index (χ2n) is 5.21. The van der Waals surface area contributed by atoms with Crippen molar-refractivity contribution in [2.24, 2.45) is 5.92 Å². The molecule has 0 spiro atoms. The fourth-order valence-corrected chi connectivity index (χ4v) is 2.24. The minimum atomic E-state index is -0.371. The molecule has 0 aliphatic heterocycles. The van der Waals surface area contributed by atoms with Crippen LogP contribution in [0.5, 0.6) is 0 Å². The Labute approximate surface area is 137 Å². The fraction of sp³-hybridized carbons (Fsp3) is 0.312. The number of methoxy groups -OCH3 is 1. The van der Waals surface area contributed by atoms with E-state index < -0.39 is 0 Å². The second kappa shape index (κ2) is 6.81. The number of ether oxygens (including phenoxy) is 1. The fourth-order valence-electron chi connectivity index (χ4n) is 2.24. The molecule has 2 atom stereocenters. The molecule has 3 heterocycles. The highest BCUT2D eigenvalue weighted by atomic mass is 16.5. The zero-order valence-corrected chi connectivity index (χ0v) is 13.3. The van der Waals surface area contributed by atoms with Gasteiger partial charge in [-0.15, -0.1) is 0 Å². The van der Waals surface area contributed by atoms with Crippen molar-refractivity contribution in [2.45, 2.75) is 13.0 Å². The Morgan fingerprint density at radius 1 is 1.12 bits per heavy atom. The van der Waals surface area contributed by atoms with E-state index in [2.05, 4.69) is 21.5 Å². The van der Waals surface area contributed by atoms with Gasteiger partial charge in [-0.25, -0.2) is 15.0 Å². The summed E-state index contributed by atoms with van der Waals surface area (Å²) in [6.07, 6.45) is 5.45. The van der Waals surface area contributed by atoms with Crippen molar-refractivity contribution in [3.8, 4) is 23.2 Å². The molecule has 0 aliphatic carbocycles. The van der Waals surface area contributed by atoms with Crippen LogP contribution < -0.4 is 0 Å². The van der Waals surface area contributed by atoms with Crippen molar-refractivity contribution in [3.63, 3.8) is 0 Å². The Morgan fingerprint density at radius 3 is 2.46 bits per heavy atom. The molecule has 0 bridgehead atoms. The summed E-state index contributed by atoms with van der Waals surface area (Å²) in [4.78, 5) is 12.8. The van der Waals surface area contributed by atoms with E-state index in [0.717, 1.165) is 0 Å². The van der Waals surface area contributed by atoms with Crippen molar-refractivity contribution >= 4 is 6.08 Å². The lowest BCUT2D eigenvalue weighted by Crippen LogP contribution is -2.15. The van der Waals surface area contributed by atoms with Crippen LogP contribution in [-0.4, -0.2) is 33.8 Å². The summed E-state index contributed by atoms with van der Waals surface area (Å²) in [5.74, 6) is 0.839. The molecular weight excluding hydrogens is 314 g/mol. The van der Waals surface area contributed by atoms with Crippen LogP contribution in [0.15, 0.2) is 38.6 Å². The summed E-state index contributed by atoms with van der Waals surface area (Å²) in [5, 5.41) is 9.28. The molecule has 0 radical (unpaired) electrons. The van der Waals surface area contributed by atoms with Crippen LogP contribution in [-0.2, 0) is 4.74 Å². The number of aromatic nitrogens is 3. The smallest absolute Gasteiger partial charge is 0.249 e. The van der Waals surface area contributed by atoms with E-state index in [1.165, 1.54) is 24.9 Å². The maximum Gasteiger partial charge on any atom is 0.249 e. The molecule has 8 nitrogen and oxygen atoms in total. The Balaban J connectivity index is 1.84. The summed E-state index contributed by atoms with van der Waals surface area (Å²) >= 11 is 0. The first-order valence-electron chi connectivity index (χ1n) is 7.29. The zero-order chi connectivity index (χ0) is 17.1. The summed E-state index contributed by atoms with van der Waals surface area (Å²) in [6, 6.07) is 0. The molecule has 3 aromatic heterocycles. The van der Waals surface area contributed by atoms with Crippen molar-refractivity contribution in [1.82, 2.24) is 15.0 Å². The maximum absolute atomic E-state index is 9.28. The molecular formula is C16H17N3O5. The lowest BCUT2D eigenvalue weighted by atomic mass is 10.0. The average Bonchev–Trinajstić information content (AvgIpc) is 3.33. The highest BCUT2D eigenvalue weighted by Crippen LogP contribution is 2.29. The summed E-state index contributed by atoms with van der Waals surface area (Å²) < 4.78 is 21.4. The third kappa shape index (κ3) is 3.01. The van der Waals surface area contributed by atoms with Gasteiger partial charge in [0.25, 0.3) is 0 Å². The summed E-state index contributed by atoms with van der Waals surface area (Å²) in [6.45, 7) is 5.42. The van der Waals surface area contributed by atoms with E-state index in [9.17, 15) is 5.11 Å². The third-order valence-electron chi connectivity index (χ3n) is 3.51. The van der Waals surface area contributed by atoms with Crippen molar-refractivity contribution in [2.75, 3.05) is 13.7 Å². The van der Waals surface area contributed by atoms with Crippen LogP contribution in [0, 0.1) is 5.92 Å². The van der Waals surface area contributed by atoms with Gasteiger partial charge in [-0.3, -0.25) is 0 Å². The van der Waals surface area contributed by atoms with Gasteiger partial charge in [-0.1, -0.05) is 13.5 Å². The first kappa shape index (κ1) is 16.2. The van der Waals surface area contributed by atoms with Gasteiger partial charge in [0.1, 0.15) is 30.6 Å². The molecule has 1 N–H and O–H groups in total. The van der Waals surface area contributed by atoms with Crippen LogP contribution in [0.2, 0.25) is 0 Å². The Hall–Kier alpha value is -2.71. The largest absolute Gasteiger partial charge is 0.444 e. The van der Waals surface area contributed by atoms with Crippen molar-refractivity contribution < 1.29 is 23.1 Å². The van der Waals surface area contributed by atoms with Gasteiger partial charge < -0.3 is 23.1 Å². The molecule has 0 saturated carbocycles. The first-order valence-corrected chi connectivity index (χ1v) is 7.29. The van der Waals surface area contributed by atoms with Crippen LogP contribution in [0.3, 0.4) is 0 Å². The summed E-state index contributed by atoms with van der Waals surface area (Å²) in [7, 11) is 1.56. The molecule has 0 fully saturated rings. The minimum Gasteiger partial charge on any atom is -0.444 e. The van der Waals surface area contributed by atoms with Crippen LogP contribution in [0.1, 0.15) is 24.6 Å². The van der Waals surface area contributed by atoms with Gasteiger partial charge in [0, 0.05) is 19.6 Å². The topological polar surface area (TPSA) is 108 Å². The van der Waals surface area contributed by atoms with Gasteiger partial charge in [-0.05, 0) is 6.08 Å². The van der Waals surface area contributed by atoms with Crippen LogP contribution in [0.4, 0.5) is 0 Å². The number of hydrogen-bond donors (Lipinski definition) is 1. The number of oxazole rings is 3. The predicted molar refractivity (Wildman–Crippen MR) is 83.6 cm³/mol. The Bertz CT molecular complexity index is 819. The van der Waals surface area contributed by atoms with Gasteiger partial charge in [0.05, 0.1) is 0 Å². The van der Waals surface area contributed by atoms with Crippen LogP contribution in [0.25, 0.3) is 29.2 Å². The standard InChI is InChI=1S/C16H17N3O5/c1-4-13-17-11(7-22-13)15-19-12(8-24-15)16-18-10(6-23-16)14(21-3)9(2)5-20/h4,6-9,14,20H,1,5H2,2-3H3/t9-,14-/m0/s1. The predicted octanol–water partition coefficient (Wildman–Crippen LogP) is 2.94. The lowest BCUT2D eigenvalue weighted by molar-refractivity contribution is 0.0299. The third-order valence-corrected chi connectivity index (χ3v) is 3.51. The van der Waals surface area contributed by atoms with E-state index in [4.69, 9.17) is 18.0 Å². The normalized spacial score (nSPS) is 13.8. The van der Waals surface area contributed by atoms with Gasteiger partial charge in [-0.2, -0.15) is 0 Å². The molecule has 24 heavy (non-hydrogen) atoms. The van der Waals surface area contributed by atoms with E-state index >= 15 is 0 Å². The monoisotopic (exact) mass is 331 g/mol. The highest BCUT2D eigenvalue weighted by Gasteiger charge is 2.23. The zero-order valence-electron chi connectivity index (χ0n) is 13.3. The highest BCUT2D eigenvalue weighted by molar-refractivity contribution is 5.54. The Morgan fingerprint density at radius 2 is 1.79 bits per heavy atom. The van der Waals surface area contributed by atoms with Gasteiger partial charge >= 0.3 is 0 Å². The molecule has 0 aliphatic rings. The van der Waals surface area contributed by atoms with Crippen molar-refractivity contribution in [1.29, 1.82) is 0 Å². The molecule has 0 unspecified atom stereocenters. The van der Waals surface area contributed by atoms with E-state index in [0.29, 0.717) is 28.9 Å². The van der Waals surface area contributed by atoms with E-state index in [1.54, 1.807) is 7.11 Å². The molecule has 3 rings (SSSR count). The van der Waals surface area contributed by atoms with Gasteiger partial charge in [0.2, 0.25) is 17.7 Å². The Kier molecular flexibility index (Phi) is 4.59. The lowest BCUT2D eigenvalue weighted by Gasteiger charge is -2.17. The molecule has 0 saturated heterocycles. The average molecular weight is 331 g/mol. The molecule has 0 amide bonds. The second-order valence-corrected chi connectivity index (χ2v) is 5.21. The number of aliphatic hydroxyl groups excluding tert-OH is 1. The molecule has 0 aromatic carbocycles. The number of rotatable bonds is 7. The number of hydrogen-bond acceptors (Lipinski definition) is 8. The summed E-state index contributed by atoms with van der Waals surface area (Å²) in [5.41, 5.74) is 1.45. The first-order chi connectivity index (χ1) is 11.7.